The van der Waals surface area contributed by atoms with Gasteiger partial charge in [-0.3, -0.25) is 9.36 Å². The van der Waals surface area contributed by atoms with E-state index in [1.807, 2.05) is 16.7 Å². The number of furan rings is 1. The van der Waals surface area contributed by atoms with Gasteiger partial charge in [-0.05, 0) is 24.3 Å². The van der Waals surface area contributed by atoms with E-state index in [2.05, 4.69) is 10.2 Å². The summed E-state index contributed by atoms with van der Waals surface area (Å²) in [7, 11) is 0. The van der Waals surface area contributed by atoms with E-state index in [1.54, 1.807) is 24.5 Å². The Bertz CT molecular complexity index is 931. The summed E-state index contributed by atoms with van der Waals surface area (Å²) >= 11 is 13.5. The molecule has 2 aromatic heterocycles. The Balaban J connectivity index is 1.63. The maximum absolute atomic E-state index is 11.1. The van der Waals surface area contributed by atoms with Gasteiger partial charge in [0.2, 0.25) is 5.91 Å². The van der Waals surface area contributed by atoms with E-state index in [9.17, 15) is 4.79 Å². The fourth-order valence-corrected chi connectivity index (χ4v) is 3.54. The van der Waals surface area contributed by atoms with Crippen LogP contribution in [0, 0.1) is 0 Å². The number of primary amides is 1. The number of nitrogens with two attached hydrogens (primary N) is 1. The lowest BCUT2D eigenvalue weighted by atomic mass is 10.3. The first-order chi connectivity index (χ1) is 13.5. The van der Waals surface area contributed by atoms with Crippen molar-refractivity contribution in [1.82, 2.24) is 14.8 Å². The van der Waals surface area contributed by atoms with Gasteiger partial charge in [0.15, 0.2) is 5.16 Å². The average Bonchev–Trinajstić information content (AvgIpc) is 3.30. The summed E-state index contributed by atoms with van der Waals surface area (Å²) in [6, 6.07) is 8.76. The SMILES string of the molecule is NC(=O)CCc1nnc(SCCOc2cc(Cl)ccc2Cl)n1Cc1ccco1. The van der Waals surface area contributed by atoms with Crippen LogP contribution in [0.3, 0.4) is 0 Å². The minimum absolute atomic E-state index is 0.206. The van der Waals surface area contributed by atoms with Crippen molar-refractivity contribution in [2.45, 2.75) is 24.5 Å². The van der Waals surface area contributed by atoms with Gasteiger partial charge in [-0.1, -0.05) is 35.0 Å². The molecule has 2 heterocycles. The van der Waals surface area contributed by atoms with E-state index in [1.165, 1.54) is 11.8 Å². The number of benzene rings is 1. The highest BCUT2D eigenvalue weighted by Gasteiger charge is 2.15. The van der Waals surface area contributed by atoms with Crippen molar-refractivity contribution in [3.05, 3.63) is 58.2 Å². The van der Waals surface area contributed by atoms with Crippen LogP contribution in [0.2, 0.25) is 10.0 Å². The number of thioether (sulfide) groups is 1. The van der Waals surface area contributed by atoms with Crippen LogP contribution in [-0.2, 0) is 17.8 Å². The Kier molecular flexibility index (Phi) is 7.24. The molecule has 0 aliphatic carbocycles. The summed E-state index contributed by atoms with van der Waals surface area (Å²) < 4.78 is 13.0. The number of hydrogen-bond donors (Lipinski definition) is 1. The molecule has 3 rings (SSSR count). The van der Waals surface area contributed by atoms with E-state index in [0.717, 1.165) is 5.76 Å². The minimum atomic E-state index is -0.381. The second kappa shape index (κ2) is 9.86. The number of amides is 1. The highest BCUT2D eigenvalue weighted by molar-refractivity contribution is 7.99. The molecule has 0 aliphatic rings. The van der Waals surface area contributed by atoms with Gasteiger partial charge in [-0.15, -0.1) is 10.2 Å². The Morgan fingerprint density at radius 3 is 2.89 bits per heavy atom. The van der Waals surface area contributed by atoms with Crippen LogP contribution >= 0.6 is 35.0 Å². The first-order valence-electron chi connectivity index (χ1n) is 8.46. The Hall–Kier alpha value is -2.16. The van der Waals surface area contributed by atoms with Crippen LogP contribution < -0.4 is 10.5 Å². The van der Waals surface area contributed by atoms with Gasteiger partial charge in [0.05, 0.1) is 24.4 Å². The van der Waals surface area contributed by atoms with E-state index in [0.29, 0.717) is 52.1 Å². The molecule has 0 saturated heterocycles. The molecule has 3 aromatic rings. The second-order valence-electron chi connectivity index (χ2n) is 5.80. The topological polar surface area (TPSA) is 96.2 Å². The van der Waals surface area contributed by atoms with E-state index >= 15 is 0 Å². The van der Waals surface area contributed by atoms with Crippen LogP contribution in [0.5, 0.6) is 5.75 Å². The number of aromatic nitrogens is 3. The number of aryl methyl sites for hydroxylation is 1. The van der Waals surface area contributed by atoms with Crippen molar-refractivity contribution < 1.29 is 13.9 Å². The van der Waals surface area contributed by atoms with Gasteiger partial charge in [-0.25, -0.2) is 0 Å². The summed E-state index contributed by atoms with van der Waals surface area (Å²) in [4.78, 5) is 11.1. The molecule has 28 heavy (non-hydrogen) atoms. The zero-order chi connectivity index (χ0) is 19.9. The van der Waals surface area contributed by atoms with Crippen molar-refractivity contribution in [3.8, 4) is 5.75 Å². The van der Waals surface area contributed by atoms with E-state index in [-0.39, 0.29) is 12.3 Å². The summed E-state index contributed by atoms with van der Waals surface area (Å²) in [6.07, 6.45) is 2.23. The van der Waals surface area contributed by atoms with Gasteiger partial charge >= 0.3 is 0 Å². The van der Waals surface area contributed by atoms with Gasteiger partial charge in [0, 0.05) is 29.7 Å². The van der Waals surface area contributed by atoms with Crippen LogP contribution in [0.15, 0.2) is 46.2 Å². The third kappa shape index (κ3) is 5.67. The summed E-state index contributed by atoms with van der Waals surface area (Å²) in [5.74, 6) is 2.22. The van der Waals surface area contributed by atoms with Crippen molar-refractivity contribution in [2.75, 3.05) is 12.4 Å². The summed E-state index contributed by atoms with van der Waals surface area (Å²) in [6.45, 7) is 0.881. The molecule has 0 fully saturated rings. The second-order valence-corrected chi connectivity index (χ2v) is 7.71. The van der Waals surface area contributed by atoms with Gasteiger partial charge < -0.3 is 14.9 Å². The molecule has 0 bridgehead atoms. The largest absolute Gasteiger partial charge is 0.491 e. The van der Waals surface area contributed by atoms with Gasteiger partial charge in [-0.2, -0.15) is 0 Å². The first kappa shape index (κ1) is 20.6. The van der Waals surface area contributed by atoms with Gasteiger partial charge in [0.1, 0.15) is 17.3 Å². The molecule has 0 radical (unpaired) electrons. The molecule has 0 saturated carbocycles. The number of rotatable bonds is 10. The normalized spacial score (nSPS) is 10.9. The van der Waals surface area contributed by atoms with Crippen molar-refractivity contribution in [3.63, 3.8) is 0 Å². The highest BCUT2D eigenvalue weighted by Crippen LogP contribution is 2.28. The predicted molar refractivity (Wildman–Crippen MR) is 108 cm³/mol. The third-order valence-electron chi connectivity index (χ3n) is 3.75. The zero-order valence-corrected chi connectivity index (χ0v) is 17.1. The lowest BCUT2D eigenvalue weighted by molar-refractivity contribution is -0.118. The zero-order valence-electron chi connectivity index (χ0n) is 14.8. The van der Waals surface area contributed by atoms with Crippen LogP contribution in [0.1, 0.15) is 18.0 Å². The summed E-state index contributed by atoms with van der Waals surface area (Å²) in [5, 5.41) is 10.2. The molecular formula is C18H18Cl2N4O3S. The molecule has 10 heteroatoms. The Labute approximate surface area is 176 Å². The summed E-state index contributed by atoms with van der Waals surface area (Å²) in [5.41, 5.74) is 5.25. The highest BCUT2D eigenvalue weighted by atomic mass is 35.5. The minimum Gasteiger partial charge on any atom is -0.491 e. The Morgan fingerprint density at radius 2 is 2.14 bits per heavy atom. The maximum atomic E-state index is 11.1. The van der Waals surface area contributed by atoms with Crippen LogP contribution in [0.4, 0.5) is 0 Å². The molecule has 2 N–H and O–H groups in total. The van der Waals surface area contributed by atoms with Crippen LogP contribution in [-0.4, -0.2) is 33.0 Å². The standard InChI is InChI=1S/C18H18Cl2N4O3S/c19-12-3-4-14(20)15(10-12)27-8-9-28-18-23-22-17(6-5-16(21)25)24(18)11-13-2-1-7-26-13/h1-4,7,10H,5-6,8-9,11H2,(H2,21,25). The molecule has 1 amide bonds. The number of hydrogen-bond acceptors (Lipinski definition) is 6. The number of carbonyl (C=O) groups excluding carboxylic acids is 1. The smallest absolute Gasteiger partial charge is 0.217 e. The van der Waals surface area contributed by atoms with E-state index < -0.39 is 0 Å². The fourth-order valence-electron chi connectivity index (χ4n) is 2.44. The molecule has 1 aromatic carbocycles. The van der Waals surface area contributed by atoms with Gasteiger partial charge in [0.25, 0.3) is 0 Å². The fraction of sp³-hybridized carbons (Fsp3) is 0.278. The Morgan fingerprint density at radius 1 is 1.29 bits per heavy atom. The van der Waals surface area contributed by atoms with Crippen molar-refractivity contribution in [2.24, 2.45) is 5.73 Å². The molecule has 0 unspecified atom stereocenters. The molecule has 0 spiro atoms. The van der Waals surface area contributed by atoms with E-state index in [4.69, 9.17) is 38.1 Å². The predicted octanol–water partition coefficient (Wildman–Crippen LogP) is 3.82. The lowest BCUT2D eigenvalue weighted by Gasteiger charge is -2.10. The van der Waals surface area contributed by atoms with Crippen LogP contribution in [0.25, 0.3) is 0 Å². The number of halogens is 2. The molecule has 0 aliphatic heterocycles. The van der Waals surface area contributed by atoms with Crippen molar-refractivity contribution in [1.29, 1.82) is 0 Å². The molecule has 7 nitrogen and oxygen atoms in total. The lowest BCUT2D eigenvalue weighted by Crippen LogP contribution is -2.14. The molecular weight excluding hydrogens is 423 g/mol. The molecule has 148 valence electrons. The average molecular weight is 441 g/mol. The number of ether oxygens (including phenoxy) is 1. The number of carbonyl (C=O) groups is 1. The maximum Gasteiger partial charge on any atom is 0.217 e. The monoisotopic (exact) mass is 440 g/mol. The third-order valence-corrected chi connectivity index (χ3v) is 5.23. The molecule has 0 atom stereocenters. The number of nitrogens with zero attached hydrogens (tertiary/aromatic N) is 3. The first-order valence-corrected chi connectivity index (χ1v) is 10.2. The van der Waals surface area contributed by atoms with Crippen molar-refractivity contribution >= 4 is 40.9 Å². The quantitative estimate of drug-likeness (QED) is 0.380.